The van der Waals surface area contributed by atoms with Crippen LogP contribution in [0, 0.1) is 0 Å². The van der Waals surface area contributed by atoms with Gasteiger partial charge in [-0.15, -0.1) is 0 Å². The zero-order valence-electron chi connectivity index (χ0n) is 12.1. The van der Waals surface area contributed by atoms with Crippen LogP contribution in [-0.4, -0.2) is 27.1 Å². The van der Waals surface area contributed by atoms with E-state index in [1.165, 1.54) is 43.5 Å². The van der Waals surface area contributed by atoms with Gasteiger partial charge >= 0.3 is 0 Å². The van der Waals surface area contributed by atoms with Crippen molar-refractivity contribution in [3.8, 4) is 5.75 Å². The van der Waals surface area contributed by atoms with E-state index in [2.05, 4.69) is 0 Å². The Bertz CT molecular complexity index is 937. The Morgan fingerprint density at radius 2 is 1.48 bits per heavy atom. The van der Waals surface area contributed by atoms with Crippen molar-refractivity contribution < 1.29 is 22.7 Å². The normalized spacial score (nSPS) is 14.2. The van der Waals surface area contributed by atoms with Gasteiger partial charge in [0.05, 0.1) is 12.0 Å². The summed E-state index contributed by atoms with van der Waals surface area (Å²) < 4.78 is 30.3. The van der Waals surface area contributed by atoms with Gasteiger partial charge in [-0.3, -0.25) is 9.59 Å². The molecule has 0 saturated carbocycles. The highest BCUT2D eigenvalue weighted by Gasteiger charge is 2.34. The second-order valence-corrected chi connectivity index (χ2v) is 6.84. The number of ketones is 2. The quantitative estimate of drug-likeness (QED) is 0.865. The van der Waals surface area contributed by atoms with Crippen LogP contribution in [0.3, 0.4) is 0 Å². The second-order valence-electron chi connectivity index (χ2n) is 4.93. The number of hydrogen-bond acceptors (Lipinski definition) is 5. The van der Waals surface area contributed by atoms with Crippen LogP contribution in [0.4, 0.5) is 0 Å². The fraction of sp³-hybridized carbons (Fsp3) is 0.0588. The number of sulfone groups is 1. The molecule has 0 amide bonds. The summed E-state index contributed by atoms with van der Waals surface area (Å²) in [6.45, 7) is 0. The molecule has 6 heteroatoms. The van der Waals surface area contributed by atoms with Crippen molar-refractivity contribution in [2.45, 2.75) is 4.90 Å². The molecule has 116 valence electrons. The Hall–Kier alpha value is -2.73. The molecule has 0 bridgehead atoms. The molecule has 1 aliphatic rings. The van der Waals surface area contributed by atoms with Gasteiger partial charge in [0.1, 0.15) is 10.7 Å². The standard InChI is InChI=1S/C17H12O5S/c1-22-11-6-8-12(9-7-11)23(20,21)16-10-15(18)13-4-2-3-5-14(13)17(16)19/h2-10H,1H3. The van der Waals surface area contributed by atoms with Crippen LogP contribution in [0.25, 0.3) is 0 Å². The third kappa shape index (κ3) is 2.47. The lowest BCUT2D eigenvalue weighted by Gasteiger charge is -2.15. The molecule has 0 aliphatic heterocycles. The third-order valence-electron chi connectivity index (χ3n) is 3.58. The van der Waals surface area contributed by atoms with E-state index >= 15 is 0 Å². The zero-order valence-corrected chi connectivity index (χ0v) is 13.0. The Kier molecular flexibility index (Phi) is 3.61. The van der Waals surface area contributed by atoms with E-state index in [-0.39, 0.29) is 16.0 Å². The number of rotatable bonds is 3. The minimum absolute atomic E-state index is 0.0647. The van der Waals surface area contributed by atoms with E-state index in [0.717, 1.165) is 6.08 Å². The first-order valence-electron chi connectivity index (χ1n) is 6.74. The first kappa shape index (κ1) is 15.2. The van der Waals surface area contributed by atoms with Gasteiger partial charge in [-0.1, -0.05) is 24.3 Å². The van der Waals surface area contributed by atoms with Gasteiger partial charge in [0.25, 0.3) is 0 Å². The van der Waals surface area contributed by atoms with E-state index in [1.54, 1.807) is 12.1 Å². The predicted molar refractivity (Wildman–Crippen MR) is 83.4 cm³/mol. The maximum Gasteiger partial charge on any atom is 0.210 e. The SMILES string of the molecule is COc1ccc(S(=O)(=O)C2=CC(=O)c3ccccc3C2=O)cc1. The van der Waals surface area contributed by atoms with Crippen LogP contribution in [0.1, 0.15) is 20.7 Å². The minimum Gasteiger partial charge on any atom is -0.497 e. The van der Waals surface area contributed by atoms with Crippen molar-refractivity contribution in [3.63, 3.8) is 0 Å². The maximum absolute atomic E-state index is 12.7. The summed E-state index contributed by atoms with van der Waals surface area (Å²) in [5.41, 5.74) is 0.318. The average molecular weight is 328 g/mol. The number of hydrogen-bond donors (Lipinski definition) is 0. The van der Waals surface area contributed by atoms with Crippen LogP contribution in [-0.2, 0) is 9.84 Å². The molecule has 5 nitrogen and oxygen atoms in total. The number of carbonyl (C=O) groups is 2. The van der Waals surface area contributed by atoms with Crippen molar-refractivity contribution in [3.05, 3.63) is 70.6 Å². The number of allylic oxidation sites excluding steroid dienone is 2. The fourth-order valence-electron chi connectivity index (χ4n) is 2.37. The number of benzene rings is 2. The number of ether oxygens (including phenoxy) is 1. The molecular formula is C17H12O5S. The molecule has 0 radical (unpaired) electrons. The summed E-state index contributed by atoms with van der Waals surface area (Å²) >= 11 is 0. The van der Waals surface area contributed by atoms with E-state index < -0.39 is 26.3 Å². The van der Waals surface area contributed by atoms with Crippen molar-refractivity contribution in [2.75, 3.05) is 7.11 Å². The highest BCUT2D eigenvalue weighted by atomic mass is 32.2. The molecule has 0 atom stereocenters. The molecule has 23 heavy (non-hydrogen) atoms. The summed E-state index contributed by atoms with van der Waals surface area (Å²) in [6, 6.07) is 11.8. The van der Waals surface area contributed by atoms with Gasteiger partial charge in [-0.05, 0) is 24.3 Å². The molecular weight excluding hydrogens is 316 g/mol. The maximum atomic E-state index is 12.7. The van der Waals surface area contributed by atoms with Gasteiger partial charge in [0.15, 0.2) is 5.78 Å². The Morgan fingerprint density at radius 1 is 0.870 bits per heavy atom. The molecule has 0 aromatic heterocycles. The van der Waals surface area contributed by atoms with Crippen molar-refractivity contribution in [1.82, 2.24) is 0 Å². The van der Waals surface area contributed by atoms with E-state index in [0.29, 0.717) is 5.75 Å². The van der Waals surface area contributed by atoms with Gasteiger partial charge in [-0.2, -0.15) is 0 Å². The fourth-order valence-corrected chi connectivity index (χ4v) is 3.74. The predicted octanol–water partition coefficient (Wildman–Crippen LogP) is 2.43. The highest BCUT2D eigenvalue weighted by molar-refractivity contribution is 7.96. The summed E-state index contributed by atoms with van der Waals surface area (Å²) in [4.78, 5) is 24.0. The van der Waals surface area contributed by atoms with E-state index in [9.17, 15) is 18.0 Å². The van der Waals surface area contributed by atoms with Crippen molar-refractivity contribution in [1.29, 1.82) is 0 Å². The van der Waals surface area contributed by atoms with Gasteiger partial charge in [0, 0.05) is 17.2 Å². The molecule has 0 unspecified atom stereocenters. The van der Waals surface area contributed by atoms with Gasteiger partial charge < -0.3 is 4.74 Å². The topological polar surface area (TPSA) is 77.5 Å². The van der Waals surface area contributed by atoms with Crippen LogP contribution >= 0.6 is 0 Å². The molecule has 1 aliphatic carbocycles. The van der Waals surface area contributed by atoms with Crippen LogP contribution in [0.15, 0.2) is 64.4 Å². The Morgan fingerprint density at radius 3 is 2.09 bits per heavy atom. The number of carbonyl (C=O) groups excluding carboxylic acids is 2. The van der Waals surface area contributed by atoms with Gasteiger partial charge in [-0.25, -0.2) is 8.42 Å². The Balaban J connectivity index is 2.10. The number of fused-ring (bicyclic) bond motifs is 1. The Labute approximate surface area is 133 Å². The smallest absolute Gasteiger partial charge is 0.210 e. The summed E-state index contributed by atoms with van der Waals surface area (Å²) in [6.07, 6.45) is 0.893. The first-order chi connectivity index (χ1) is 10.9. The molecule has 2 aromatic rings. The first-order valence-corrected chi connectivity index (χ1v) is 8.22. The lowest BCUT2D eigenvalue weighted by molar-refractivity contribution is 0.0990. The third-order valence-corrected chi connectivity index (χ3v) is 5.36. The average Bonchev–Trinajstić information content (AvgIpc) is 2.58. The highest BCUT2D eigenvalue weighted by Crippen LogP contribution is 2.29. The van der Waals surface area contributed by atoms with E-state index in [4.69, 9.17) is 4.74 Å². The molecule has 0 fully saturated rings. The largest absolute Gasteiger partial charge is 0.497 e. The lowest BCUT2D eigenvalue weighted by Crippen LogP contribution is -2.22. The summed E-state index contributed by atoms with van der Waals surface area (Å²) in [5.74, 6) is -0.669. The van der Waals surface area contributed by atoms with Gasteiger partial charge in [0.2, 0.25) is 15.6 Å². The molecule has 0 spiro atoms. The summed E-state index contributed by atoms with van der Waals surface area (Å²) in [7, 11) is -2.61. The molecule has 0 heterocycles. The van der Waals surface area contributed by atoms with Crippen LogP contribution < -0.4 is 4.74 Å². The van der Waals surface area contributed by atoms with E-state index in [1.807, 2.05) is 0 Å². The molecule has 2 aromatic carbocycles. The van der Waals surface area contributed by atoms with Crippen molar-refractivity contribution >= 4 is 21.4 Å². The van der Waals surface area contributed by atoms with Crippen LogP contribution in [0.5, 0.6) is 5.75 Å². The second kappa shape index (κ2) is 5.48. The monoisotopic (exact) mass is 328 g/mol. The van der Waals surface area contributed by atoms with Crippen LogP contribution in [0.2, 0.25) is 0 Å². The number of methoxy groups -OCH3 is 1. The molecule has 0 N–H and O–H groups in total. The zero-order chi connectivity index (χ0) is 16.6. The molecule has 3 rings (SSSR count). The van der Waals surface area contributed by atoms with Crippen molar-refractivity contribution in [2.24, 2.45) is 0 Å². The summed E-state index contributed by atoms with van der Waals surface area (Å²) in [5, 5.41) is 0. The molecule has 0 saturated heterocycles. The lowest BCUT2D eigenvalue weighted by atomic mass is 9.95. The minimum atomic E-state index is -4.08. The number of Topliss-reactive ketones (excluding diaryl/α,β-unsaturated/α-hetero) is 1.